The fourth-order valence-electron chi connectivity index (χ4n) is 1.07. The highest BCUT2D eigenvalue weighted by atomic mass is 35.5. The first-order valence-electron chi connectivity index (χ1n) is 4.70. The molecule has 0 aromatic heterocycles. The Bertz CT molecular complexity index is 339. The average Bonchev–Trinajstić information content (AvgIpc) is 2.20. The summed E-state index contributed by atoms with van der Waals surface area (Å²) in [6, 6.07) is 4.78. The number of nitrogens with one attached hydrogen (secondary N) is 1. The molecule has 0 fully saturated rings. The van der Waals surface area contributed by atoms with Crippen LogP contribution in [0, 0.1) is 5.82 Å². The molecule has 0 spiro atoms. The molecule has 0 heterocycles. The van der Waals surface area contributed by atoms with Gasteiger partial charge in [0, 0.05) is 18.0 Å². The van der Waals surface area contributed by atoms with Crippen LogP contribution in [-0.2, 0) is 6.54 Å². The second-order valence-electron chi connectivity index (χ2n) is 4.08. The Balaban J connectivity index is 2.70. The monoisotopic (exact) mass is 249 g/mol. The first-order valence-corrected chi connectivity index (χ1v) is 5.61. The summed E-state index contributed by atoms with van der Waals surface area (Å²) in [4.78, 5) is 0. The van der Waals surface area contributed by atoms with E-state index in [-0.39, 0.29) is 16.4 Å². The molecule has 0 saturated carbocycles. The van der Waals surface area contributed by atoms with Gasteiger partial charge >= 0.3 is 0 Å². The summed E-state index contributed by atoms with van der Waals surface area (Å²) in [5.41, 5.74) is 0.562. The summed E-state index contributed by atoms with van der Waals surface area (Å²) in [5.74, 6) is 0.0968. The number of benzene rings is 1. The second kappa shape index (κ2) is 5.15. The summed E-state index contributed by atoms with van der Waals surface area (Å²) in [5, 5.41) is 3.39. The van der Waals surface area contributed by atoms with Crippen molar-refractivity contribution < 1.29 is 4.39 Å². The lowest BCUT2D eigenvalue weighted by molar-refractivity contribution is 0.429. The standard InChI is InChI=1S/C11H14Cl2FN/c1-11(2,7-12)15-6-8-4-3-5-9(14)10(8)13/h3-5,15H,6-7H2,1-2H3. The van der Waals surface area contributed by atoms with Crippen molar-refractivity contribution in [2.75, 3.05) is 5.88 Å². The van der Waals surface area contributed by atoms with E-state index in [9.17, 15) is 4.39 Å². The van der Waals surface area contributed by atoms with Gasteiger partial charge in [-0.3, -0.25) is 0 Å². The lowest BCUT2D eigenvalue weighted by Gasteiger charge is -2.23. The molecule has 0 aliphatic carbocycles. The highest BCUT2D eigenvalue weighted by molar-refractivity contribution is 6.31. The predicted molar refractivity (Wildman–Crippen MR) is 63.0 cm³/mol. The molecular weight excluding hydrogens is 236 g/mol. The zero-order valence-corrected chi connectivity index (χ0v) is 10.3. The molecular formula is C11H14Cl2FN. The Kier molecular flexibility index (Phi) is 4.38. The number of hydrogen-bond acceptors (Lipinski definition) is 1. The summed E-state index contributed by atoms with van der Waals surface area (Å²) >= 11 is 11.6. The SMILES string of the molecule is CC(C)(CCl)NCc1cccc(F)c1Cl. The maximum absolute atomic E-state index is 13.1. The van der Waals surface area contributed by atoms with E-state index in [0.29, 0.717) is 12.4 Å². The van der Waals surface area contributed by atoms with Gasteiger partial charge in [0.05, 0.1) is 5.02 Å². The molecule has 0 amide bonds. The molecule has 0 aliphatic heterocycles. The molecule has 4 heteroatoms. The highest BCUT2D eigenvalue weighted by Crippen LogP contribution is 2.20. The smallest absolute Gasteiger partial charge is 0.142 e. The first kappa shape index (κ1) is 12.8. The van der Waals surface area contributed by atoms with E-state index in [1.54, 1.807) is 12.1 Å². The van der Waals surface area contributed by atoms with Gasteiger partial charge in [-0.1, -0.05) is 23.7 Å². The van der Waals surface area contributed by atoms with E-state index >= 15 is 0 Å². The van der Waals surface area contributed by atoms with Gasteiger partial charge in [0.25, 0.3) is 0 Å². The molecule has 0 saturated heterocycles. The lowest BCUT2D eigenvalue weighted by Crippen LogP contribution is -2.40. The fourth-order valence-corrected chi connectivity index (χ4v) is 1.35. The van der Waals surface area contributed by atoms with E-state index < -0.39 is 0 Å². The van der Waals surface area contributed by atoms with Crippen LogP contribution >= 0.6 is 23.2 Å². The van der Waals surface area contributed by atoms with Crippen LogP contribution in [0.1, 0.15) is 19.4 Å². The van der Waals surface area contributed by atoms with Gasteiger partial charge < -0.3 is 5.32 Å². The van der Waals surface area contributed by atoms with Gasteiger partial charge in [-0.15, -0.1) is 11.6 Å². The zero-order chi connectivity index (χ0) is 11.5. The molecule has 1 aromatic carbocycles. The van der Waals surface area contributed by atoms with Crippen molar-refractivity contribution >= 4 is 23.2 Å². The van der Waals surface area contributed by atoms with Gasteiger partial charge in [0.2, 0.25) is 0 Å². The predicted octanol–water partition coefficient (Wildman–Crippen LogP) is 3.59. The van der Waals surface area contributed by atoms with E-state index in [0.717, 1.165) is 5.56 Å². The van der Waals surface area contributed by atoms with Crippen molar-refractivity contribution in [1.29, 1.82) is 0 Å². The van der Waals surface area contributed by atoms with Crippen molar-refractivity contribution in [1.82, 2.24) is 5.32 Å². The molecule has 0 atom stereocenters. The van der Waals surface area contributed by atoms with Crippen LogP contribution in [-0.4, -0.2) is 11.4 Å². The van der Waals surface area contributed by atoms with Gasteiger partial charge in [-0.25, -0.2) is 4.39 Å². The molecule has 15 heavy (non-hydrogen) atoms. The highest BCUT2D eigenvalue weighted by Gasteiger charge is 2.16. The third kappa shape index (κ3) is 3.63. The van der Waals surface area contributed by atoms with Crippen LogP contribution in [0.15, 0.2) is 18.2 Å². The van der Waals surface area contributed by atoms with E-state index in [4.69, 9.17) is 23.2 Å². The van der Waals surface area contributed by atoms with Crippen molar-refractivity contribution in [3.8, 4) is 0 Å². The van der Waals surface area contributed by atoms with E-state index in [1.165, 1.54) is 6.07 Å². The molecule has 1 N–H and O–H groups in total. The second-order valence-corrected chi connectivity index (χ2v) is 4.73. The minimum Gasteiger partial charge on any atom is -0.306 e. The molecule has 0 unspecified atom stereocenters. The first-order chi connectivity index (χ1) is 6.96. The number of alkyl halides is 1. The van der Waals surface area contributed by atoms with Crippen LogP contribution < -0.4 is 5.32 Å². The summed E-state index contributed by atoms with van der Waals surface area (Å²) in [6.07, 6.45) is 0. The summed E-state index contributed by atoms with van der Waals surface area (Å²) in [7, 11) is 0. The van der Waals surface area contributed by atoms with Gasteiger partial charge in [-0.2, -0.15) is 0 Å². The lowest BCUT2D eigenvalue weighted by atomic mass is 10.1. The van der Waals surface area contributed by atoms with Crippen LogP contribution in [0.4, 0.5) is 4.39 Å². The number of hydrogen-bond donors (Lipinski definition) is 1. The Morgan fingerprint density at radius 2 is 2.07 bits per heavy atom. The van der Waals surface area contributed by atoms with E-state index in [2.05, 4.69) is 5.32 Å². The number of rotatable bonds is 4. The normalized spacial score (nSPS) is 11.8. The molecule has 84 valence electrons. The maximum atomic E-state index is 13.1. The third-order valence-electron chi connectivity index (χ3n) is 2.12. The van der Waals surface area contributed by atoms with Crippen LogP contribution in [0.5, 0.6) is 0 Å². The van der Waals surface area contributed by atoms with Crippen LogP contribution in [0.25, 0.3) is 0 Å². The molecule has 0 bridgehead atoms. The zero-order valence-electron chi connectivity index (χ0n) is 8.78. The molecule has 1 nitrogen and oxygen atoms in total. The fraction of sp³-hybridized carbons (Fsp3) is 0.455. The Morgan fingerprint density at radius 1 is 1.40 bits per heavy atom. The van der Waals surface area contributed by atoms with E-state index in [1.807, 2.05) is 13.8 Å². The third-order valence-corrected chi connectivity index (χ3v) is 3.21. The average molecular weight is 250 g/mol. The number of halogens is 3. The van der Waals surface area contributed by atoms with Gasteiger partial charge in [0.15, 0.2) is 0 Å². The van der Waals surface area contributed by atoms with Crippen molar-refractivity contribution in [3.05, 3.63) is 34.6 Å². The topological polar surface area (TPSA) is 12.0 Å². The van der Waals surface area contributed by atoms with Gasteiger partial charge in [0.1, 0.15) is 5.82 Å². The molecule has 0 aliphatic rings. The Morgan fingerprint density at radius 3 is 2.67 bits per heavy atom. The maximum Gasteiger partial charge on any atom is 0.142 e. The minimum absolute atomic E-state index is 0.176. The van der Waals surface area contributed by atoms with Crippen molar-refractivity contribution in [3.63, 3.8) is 0 Å². The molecule has 1 rings (SSSR count). The largest absolute Gasteiger partial charge is 0.306 e. The minimum atomic E-state index is -0.389. The van der Waals surface area contributed by atoms with Crippen LogP contribution in [0.3, 0.4) is 0 Å². The molecule has 1 aromatic rings. The van der Waals surface area contributed by atoms with Crippen molar-refractivity contribution in [2.24, 2.45) is 0 Å². The quantitative estimate of drug-likeness (QED) is 0.805. The van der Waals surface area contributed by atoms with Gasteiger partial charge in [-0.05, 0) is 25.5 Å². The summed E-state index contributed by atoms with van der Waals surface area (Å²) in [6.45, 7) is 4.47. The Labute approximate surface area is 99.6 Å². The van der Waals surface area contributed by atoms with Crippen LogP contribution in [0.2, 0.25) is 5.02 Å². The summed E-state index contributed by atoms with van der Waals surface area (Å²) < 4.78 is 13.1. The Hall–Kier alpha value is -0.310. The van der Waals surface area contributed by atoms with Crippen molar-refractivity contribution in [2.45, 2.75) is 25.9 Å². The molecule has 0 radical (unpaired) electrons.